The molecule has 1 aromatic rings. The summed E-state index contributed by atoms with van der Waals surface area (Å²) in [5.41, 5.74) is 2.08. The second kappa shape index (κ2) is 5.03. The van der Waals surface area contributed by atoms with Crippen molar-refractivity contribution in [3.63, 3.8) is 0 Å². The van der Waals surface area contributed by atoms with Gasteiger partial charge in [0.2, 0.25) is 0 Å². The molecule has 0 unspecified atom stereocenters. The third-order valence-corrected chi connectivity index (χ3v) is 6.85. The van der Waals surface area contributed by atoms with Crippen molar-refractivity contribution >= 4 is 8.07 Å². The highest BCUT2D eigenvalue weighted by atomic mass is 28.3. The van der Waals surface area contributed by atoms with Crippen LogP contribution < -0.4 is 0 Å². The van der Waals surface area contributed by atoms with Crippen molar-refractivity contribution in [2.24, 2.45) is 0 Å². The maximum atomic E-state index is 8.75. The van der Waals surface area contributed by atoms with Crippen molar-refractivity contribution < 1.29 is 0 Å². The summed E-state index contributed by atoms with van der Waals surface area (Å²) in [7, 11) is -0.849. The van der Waals surface area contributed by atoms with Gasteiger partial charge in [0.05, 0.1) is 11.6 Å². The van der Waals surface area contributed by atoms with E-state index in [4.69, 9.17) is 5.26 Å². The van der Waals surface area contributed by atoms with Gasteiger partial charge < -0.3 is 4.90 Å². The van der Waals surface area contributed by atoms with Crippen LogP contribution in [0.3, 0.4) is 0 Å². The van der Waals surface area contributed by atoms with Crippen LogP contribution in [0.15, 0.2) is 24.3 Å². The highest BCUT2D eigenvalue weighted by Crippen LogP contribution is 2.23. The maximum Gasteiger partial charge on any atom is 0.0991 e. The molecular weight excluding hydrogens is 224 g/mol. The molecule has 1 aliphatic rings. The van der Waals surface area contributed by atoms with E-state index in [1.807, 2.05) is 12.1 Å². The summed E-state index contributed by atoms with van der Waals surface area (Å²) in [6.45, 7) is 8.52. The van der Waals surface area contributed by atoms with Crippen LogP contribution in [0.25, 0.3) is 0 Å². The van der Waals surface area contributed by atoms with E-state index in [1.54, 1.807) is 0 Å². The molecule has 3 heteroatoms. The van der Waals surface area contributed by atoms with Gasteiger partial charge in [0.1, 0.15) is 0 Å². The number of nitriles is 1. The summed E-state index contributed by atoms with van der Waals surface area (Å²) in [4.78, 5) is 2.54. The minimum absolute atomic E-state index is 0.751. The van der Waals surface area contributed by atoms with E-state index in [9.17, 15) is 0 Å². The fourth-order valence-electron chi connectivity index (χ4n) is 2.26. The highest BCUT2D eigenvalue weighted by molar-refractivity contribution is 6.77. The number of hydrogen-bond donors (Lipinski definition) is 0. The van der Waals surface area contributed by atoms with Crippen molar-refractivity contribution in [3.05, 3.63) is 35.4 Å². The van der Waals surface area contributed by atoms with E-state index >= 15 is 0 Å². The highest BCUT2D eigenvalue weighted by Gasteiger charge is 2.17. The van der Waals surface area contributed by atoms with Gasteiger partial charge in [0.15, 0.2) is 0 Å². The molecule has 0 bridgehead atoms. The third kappa shape index (κ3) is 3.42. The van der Waals surface area contributed by atoms with Gasteiger partial charge in [-0.3, -0.25) is 0 Å². The number of nitrogens with zero attached hydrogens (tertiary/aromatic N) is 2. The molecule has 0 aromatic heterocycles. The maximum absolute atomic E-state index is 8.75. The summed E-state index contributed by atoms with van der Waals surface area (Å²) in [6, 6.07) is 13.0. The Balaban J connectivity index is 1.91. The van der Waals surface area contributed by atoms with Crippen molar-refractivity contribution in [1.29, 1.82) is 5.26 Å². The Morgan fingerprint density at radius 2 is 1.76 bits per heavy atom. The Morgan fingerprint density at radius 3 is 2.29 bits per heavy atom. The zero-order chi connectivity index (χ0) is 12.3. The van der Waals surface area contributed by atoms with Gasteiger partial charge in [0.25, 0.3) is 0 Å². The van der Waals surface area contributed by atoms with Crippen LogP contribution in [0.5, 0.6) is 0 Å². The molecule has 2 nitrogen and oxygen atoms in total. The van der Waals surface area contributed by atoms with Crippen molar-refractivity contribution in [3.8, 4) is 6.07 Å². The lowest BCUT2D eigenvalue weighted by Crippen LogP contribution is -2.42. The van der Waals surface area contributed by atoms with E-state index < -0.39 is 8.07 Å². The summed E-state index contributed by atoms with van der Waals surface area (Å²) < 4.78 is 0. The van der Waals surface area contributed by atoms with Crippen LogP contribution >= 0.6 is 0 Å². The van der Waals surface area contributed by atoms with Crippen LogP contribution in [-0.4, -0.2) is 26.1 Å². The molecule has 0 N–H and O–H groups in total. The second-order valence-corrected chi connectivity index (χ2v) is 11.1. The molecule has 17 heavy (non-hydrogen) atoms. The molecule has 0 spiro atoms. The van der Waals surface area contributed by atoms with E-state index in [0.717, 1.165) is 12.1 Å². The van der Waals surface area contributed by atoms with Crippen molar-refractivity contribution in [1.82, 2.24) is 4.90 Å². The predicted molar refractivity (Wildman–Crippen MR) is 73.5 cm³/mol. The molecule has 0 aliphatic carbocycles. The minimum Gasteiger partial charge on any atom is -0.305 e. The number of rotatable bonds is 2. The standard InChI is InChI=1S/C14H20N2Si/c1-17(2)9-7-16(8-10-17)12-14-5-3-13(11-15)4-6-14/h3-6H,7-10,12H2,1-2H3/q-1. The average molecular weight is 244 g/mol. The van der Waals surface area contributed by atoms with Gasteiger partial charge in [0, 0.05) is 6.54 Å². The van der Waals surface area contributed by atoms with Crippen LogP contribution in [0, 0.1) is 11.3 Å². The van der Waals surface area contributed by atoms with Crippen molar-refractivity contribution in [2.75, 3.05) is 13.1 Å². The first-order valence-corrected chi connectivity index (χ1v) is 9.72. The lowest BCUT2D eigenvalue weighted by Gasteiger charge is -2.43. The molecule has 91 valence electrons. The van der Waals surface area contributed by atoms with Gasteiger partial charge in [-0.1, -0.05) is 12.1 Å². The first-order valence-electron chi connectivity index (χ1n) is 6.30. The number of benzene rings is 1. The second-order valence-electron chi connectivity index (χ2n) is 5.75. The van der Waals surface area contributed by atoms with Crippen LogP contribution in [0.1, 0.15) is 11.1 Å². The molecule has 0 saturated carbocycles. The lowest BCUT2D eigenvalue weighted by molar-refractivity contribution is 0.282. The fourth-order valence-corrected chi connectivity index (χ4v) is 4.35. The first kappa shape index (κ1) is 12.3. The normalized spacial score (nSPS) is 19.8. The Bertz CT molecular complexity index is 407. The quantitative estimate of drug-likeness (QED) is 0.748. The summed E-state index contributed by atoms with van der Waals surface area (Å²) in [6.07, 6.45) is 0. The Labute approximate surface area is 105 Å². The third-order valence-electron chi connectivity index (χ3n) is 3.70. The largest absolute Gasteiger partial charge is 0.305 e. The average Bonchev–Trinajstić information content (AvgIpc) is 2.33. The van der Waals surface area contributed by atoms with Crippen LogP contribution in [0.4, 0.5) is 0 Å². The van der Waals surface area contributed by atoms with Gasteiger partial charge in [-0.15, -0.1) is 20.2 Å². The van der Waals surface area contributed by atoms with E-state index in [2.05, 4.69) is 36.2 Å². The van der Waals surface area contributed by atoms with Gasteiger partial charge >= 0.3 is 0 Å². The minimum atomic E-state index is -0.849. The van der Waals surface area contributed by atoms with Gasteiger partial charge in [-0.2, -0.15) is 18.4 Å². The Kier molecular flexibility index (Phi) is 3.65. The zero-order valence-electron chi connectivity index (χ0n) is 10.7. The lowest BCUT2D eigenvalue weighted by atomic mass is 10.1. The summed E-state index contributed by atoms with van der Waals surface area (Å²) in [5, 5.41) is 8.75. The molecule has 0 amide bonds. The van der Waals surface area contributed by atoms with Gasteiger partial charge in [-0.25, -0.2) is 0 Å². The summed E-state index contributed by atoms with van der Waals surface area (Å²) in [5.74, 6) is 0. The van der Waals surface area contributed by atoms with E-state index in [-0.39, 0.29) is 0 Å². The molecule has 1 aliphatic heterocycles. The molecule has 0 radical (unpaired) electrons. The monoisotopic (exact) mass is 244 g/mol. The Hall–Kier alpha value is -1.11. The molecule has 1 saturated heterocycles. The smallest absolute Gasteiger partial charge is 0.0991 e. The van der Waals surface area contributed by atoms with Crippen LogP contribution in [-0.2, 0) is 6.54 Å². The molecule has 1 heterocycles. The summed E-state index contributed by atoms with van der Waals surface area (Å²) >= 11 is 0. The number of hydrogen-bond acceptors (Lipinski definition) is 2. The van der Waals surface area contributed by atoms with E-state index in [0.29, 0.717) is 0 Å². The Morgan fingerprint density at radius 1 is 1.18 bits per heavy atom. The zero-order valence-corrected chi connectivity index (χ0v) is 11.7. The first-order chi connectivity index (χ1) is 8.09. The van der Waals surface area contributed by atoms with Crippen molar-refractivity contribution in [2.45, 2.75) is 31.7 Å². The molecular formula is C14H20N2Si-. The van der Waals surface area contributed by atoms with Crippen LogP contribution in [0.2, 0.25) is 25.2 Å². The fraction of sp³-hybridized carbons (Fsp3) is 0.500. The predicted octanol–water partition coefficient (Wildman–Crippen LogP) is 3.08. The van der Waals surface area contributed by atoms with E-state index in [1.165, 1.54) is 30.7 Å². The molecule has 2 rings (SSSR count). The molecule has 1 aromatic carbocycles. The molecule has 1 fully saturated rings. The molecule has 0 atom stereocenters. The SMILES string of the molecule is C[Si-]1(C)CCN(Cc2ccc(C#N)cc2)CC1. The topological polar surface area (TPSA) is 27.0 Å². The van der Waals surface area contributed by atoms with Gasteiger partial charge in [-0.05, 0) is 30.8 Å².